The van der Waals surface area contributed by atoms with E-state index in [4.69, 9.17) is 20.6 Å². The number of aromatic nitrogens is 1. The van der Waals surface area contributed by atoms with Gasteiger partial charge in [-0.05, 0) is 50.0 Å². The molecule has 0 unspecified atom stereocenters. The van der Waals surface area contributed by atoms with Crippen LogP contribution in [0.5, 0.6) is 0 Å². The van der Waals surface area contributed by atoms with Crippen LogP contribution in [0.1, 0.15) is 28.9 Å². The van der Waals surface area contributed by atoms with Crippen molar-refractivity contribution in [3.63, 3.8) is 0 Å². The van der Waals surface area contributed by atoms with E-state index < -0.39 is 63.7 Å². The first-order valence-electron chi connectivity index (χ1n) is 13.4. The molecule has 1 aromatic carbocycles. The van der Waals surface area contributed by atoms with Crippen molar-refractivity contribution in [2.75, 3.05) is 27.1 Å². The van der Waals surface area contributed by atoms with Crippen molar-refractivity contribution in [1.29, 1.82) is 0 Å². The minimum absolute atomic E-state index is 0.000491. The zero-order chi connectivity index (χ0) is 27.8. The average molecular weight is 302 g/mol. The van der Waals surface area contributed by atoms with Crippen LogP contribution >= 0.6 is 0 Å². The highest BCUT2D eigenvalue weighted by molar-refractivity contribution is 5.84. The van der Waals surface area contributed by atoms with Crippen molar-refractivity contribution in [2.45, 2.75) is 18.8 Å². The second kappa shape index (κ2) is 5.77. The number of hydrogen-bond donors (Lipinski definition) is 2. The first-order chi connectivity index (χ1) is 16.0. The van der Waals surface area contributed by atoms with E-state index >= 15 is 0 Å². The lowest BCUT2D eigenvalue weighted by Gasteiger charge is -2.09. The number of ether oxygens (including phenoxy) is 1. The van der Waals surface area contributed by atoms with Crippen LogP contribution in [0.4, 0.5) is 4.79 Å². The second-order valence-electron chi connectivity index (χ2n) is 4.26. The van der Waals surface area contributed by atoms with Crippen LogP contribution in [-0.2, 0) is 17.5 Å². The third kappa shape index (κ3) is 3.19. The maximum atomic E-state index is 11.7. The molecule has 2 aromatic rings. The molecular weight excluding hydrogens is 266 g/mol. The minimum Gasteiger partial charge on any atom is -0.447 e. The number of nitrogens with one attached hydrogen (secondary N) is 2. The standard InChI is InChI=1S/C16H21N3O2/c1-19(2)6-5-12-9-17-15-4-3-11(8-14(12)15)7-13-10-21-16(20)18-13/h3-4,8-9,13,17H,5-7,10H2,1-2H3,(H,18,20)/t13-/m0/s1/i1D3,2D3,5D2,7D2,9D,10D2/hD2. The molecule has 2 heterocycles. The predicted octanol–water partition coefficient (Wildman–Crippen LogP) is 1.92. The van der Waals surface area contributed by atoms with Gasteiger partial charge >= 0.3 is 6.09 Å². The summed E-state index contributed by atoms with van der Waals surface area (Å²) in [5.74, 6) is 0. The van der Waals surface area contributed by atoms with Crippen LogP contribution < -0.4 is 5.31 Å². The Hall–Kier alpha value is -2.01. The number of amides is 1. The molecule has 0 spiro atoms. The highest BCUT2D eigenvalue weighted by atomic mass is 16.6. The van der Waals surface area contributed by atoms with Gasteiger partial charge in [0, 0.05) is 37.3 Å². The first kappa shape index (κ1) is 4.74. The van der Waals surface area contributed by atoms with E-state index in [1.54, 1.807) is 0 Å². The normalized spacial score (nSPS) is 34.1. The van der Waals surface area contributed by atoms with Crippen LogP contribution in [0.15, 0.2) is 24.4 Å². The largest absolute Gasteiger partial charge is 0.447 e. The number of benzene rings is 1. The molecule has 2 N–H and O–H groups in total. The van der Waals surface area contributed by atoms with E-state index in [1.807, 2.05) is 0 Å². The van der Waals surface area contributed by atoms with Crippen LogP contribution in [0, 0.1) is 0 Å². The number of carbonyl (C=O) groups is 1. The molecule has 5 nitrogen and oxygen atoms in total. The monoisotopic (exact) mass is 302 g/mol. The molecule has 1 fully saturated rings. The summed E-state index contributed by atoms with van der Waals surface area (Å²) in [7, 11) is 0. The Morgan fingerprint density at radius 1 is 1.67 bits per heavy atom. The van der Waals surface area contributed by atoms with Gasteiger partial charge in [0.05, 0.1) is 10.2 Å². The molecule has 1 aromatic heterocycles. The highest BCUT2D eigenvalue weighted by Crippen LogP contribution is 2.21. The number of H-pyrrole nitrogens is 1. The van der Waals surface area contributed by atoms with Gasteiger partial charge < -0.3 is 19.9 Å². The number of nitrogens with zero attached hydrogens (tertiary/aromatic N) is 1. The van der Waals surface area contributed by atoms with E-state index in [1.165, 1.54) is 0 Å². The van der Waals surface area contributed by atoms with E-state index in [9.17, 15) is 4.79 Å². The SMILES string of the molecule is [2H]c1c(C([2H])([2H])CN(C([2H])([2H])[2H])C([2H])([2H])[2H])c2cc(C([2H])([2H])[C@@H]3N([2H])C(=O)OC3([2H])[2H])ccc2n1[2H]. The summed E-state index contributed by atoms with van der Waals surface area (Å²) in [5, 5.41) is -0.236. The summed E-state index contributed by atoms with van der Waals surface area (Å²) in [5.41, 5.74) is -1.05. The molecule has 0 radical (unpaired) electrons. The molecule has 3 rings (SSSR count). The first-order valence-corrected chi connectivity index (χ1v) is 5.97. The number of aromatic amines is 1. The minimum atomic E-state index is -3.24. The fourth-order valence-corrected chi connectivity index (χ4v) is 1.88. The van der Waals surface area contributed by atoms with Gasteiger partial charge in [0.25, 0.3) is 0 Å². The third-order valence-electron chi connectivity index (χ3n) is 2.76. The van der Waals surface area contributed by atoms with Crippen LogP contribution in [0.3, 0.4) is 0 Å². The highest BCUT2D eigenvalue weighted by Gasteiger charge is 2.22. The zero-order valence-corrected chi connectivity index (χ0v) is 10.7. The molecule has 5 heteroatoms. The lowest BCUT2D eigenvalue weighted by Crippen LogP contribution is -2.28. The maximum Gasteiger partial charge on any atom is 0.407 e. The zero-order valence-electron chi connectivity index (χ0n) is 25.7. The molecule has 1 atom stereocenters. The quantitative estimate of drug-likeness (QED) is 0.887. The Labute approximate surface area is 145 Å². The van der Waals surface area contributed by atoms with Crippen molar-refractivity contribution >= 4 is 17.0 Å². The Kier molecular flexibility index (Phi) is 1.30. The topological polar surface area (TPSA) is 57.4 Å². The van der Waals surface area contributed by atoms with Gasteiger partial charge in [0.2, 0.25) is 0 Å². The number of fused-ring (bicyclic) bond motifs is 1. The molecule has 1 aliphatic rings. The number of hydrogen-bond acceptors (Lipinski definition) is 3. The van der Waals surface area contributed by atoms with Gasteiger partial charge in [0.1, 0.15) is 6.56 Å². The second-order valence-corrected chi connectivity index (χ2v) is 4.26. The maximum absolute atomic E-state index is 11.7. The summed E-state index contributed by atoms with van der Waals surface area (Å²) in [6.07, 6.45) is -7.79. The van der Waals surface area contributed by atoms with Gasteiger partial charge in [-0.2, -0.15) is 0 Å². The molecule has 1 amide bonds. The van der Waals surface area contributed by atoms with Crippen LogP contribution in [0.25, 0.3) is 10.9 Å². The van der Waals surface area contributed by atoms with Gasteiger partial charge in [-0.3, -0.25) is 0 Å². The summed E-state index contributed by atoms with van der Waals surface area (Å²) in [6, 6.07) is 1.16. The van der Waals surface area contributed by atoms with Crippen molar-refractivity contribution in [1.82, 2.24) is 15.2 Å². The number of likely N-dealkylation sites (N-methyl/N-ethyl adjacent to an activating group) is 1. The van der Waals surface area contributed by atoms with Crippen molar-refractivity contribution in [3.05, 3.63) is 35.5 Å². The Bertz CT molecular complexity index is 1170. The fraction of sp³-hybridized carbons (Fsp3) is 0.438. The third-order valence-corrected chi connectivity index (χ3v) is 2.76. The number of carbonyl (C=O) groups excluding carboxylic acids is 1. The molecule has 0 bridgehead atoms. The summed E-state index contributed by atoms with van der Waals surface area (Å²) < 4.78 is 123. The van der Waals surface area contributed by atoms with Gasteiger partial charge in [-0.1, -0.05) is 6.07 Å². The van der Waals surface area contributed by atoms with E-state index in [-0.39, 0.29) is 26.7 Å². The molecule has 0 aliphatic carbocycles. The molecule has 112 valence electrons. The number of cyclic esters (lactones) is 1. The molecule has 1 aliphatic heterocycles. The Balaban J connectivity index is 2.19. The Morgan fingerprint density at radius 2 is 2.57 bits per heavy atom. The van der Waals surface area contributed by atoms with Crippen LogP contribution in [0.2, 0.25) is 2.82 Å². The molecule has 0 saturated carbocycles. The van der Waals surface area contributed by atoms with Gasteiger partial charge in [0.15, 0.2) is 2.82 Å². The molecule has 21 heavy (non-hydrogen) atoms. The van der Waals surface area contributed by atoms with Crippen molar-refractivity contribution in [2.24, 2.45) is 0 Å². The molecular formula is C16H21N3O2. The molecule has 1 saturated heterocycles. The number of rotatable bonds is 5. The summed E-state index contributed by atoms with van der Waals surface area (Å²) in [4.78, 5) is 12.2. The summed E-state index contributed by atoms with van der Waals surface area (Å²) in [6.45, 7) is -10.6. The van der Waals surface area contributed by atoms with E-state index in [2.05, 4.69) is 4.74 Å². The fourth-order valence-electron chi connectivity index (χ4n) is 1.88. The smallest absolute Gasteiger partial charge is 0.407 e. The lowest BCUT2D eigenvalue weighted by molar-refractivity contribution is 0.177. The van der Waals surface area contributed by atoms with Gasteiger partial charge in [-0.15, -0.1) is 0 Å². The summed E-state index contributed by atoms with van der Waals surface area (Å²) >= 11 is 0. The number of alkyl carbamates (subject to hydrolysis) is 1. The van der Waals surface area contributed by atoms with Crippen LogP contribution in [-0.4, -0.2) is 49.1 Å². The van der Waals surface area contributed by atoms with E-state index in [0.717, 1.165) is 18.2 Å². The van der Waals surface area contributed by atoms with Gasteiger partial charge in [-0.25, -0.2) is 4.79 Å². The van der Waals surface area contributed by atoms with E-state index in [0.29, 0.717) is 4.98 Å². The van der Waals surface area contributed by atoms with Crippen molar-refractivity contribution < 1.29 is 30.2 Å². The van der Waals surface area contributed by atoms with Crippen molar-refractivity contribution in [3.8, 4) is 0 Å². The predicted molar refractivity (Wildman–Crippen MR) is 82.5 cm³/mol. The lowest BCUT2D eigenvalue weighted by atomic mass is 10.0. The Morgan fingerprint density at radius 3 is 3.33 bits per heavy atom. The average Bonchev–Trinajstić information content (AvgIpc) is 3.06.